The summed E-state index contributed by atoms with van der Waals surface area (Å²) < 4.78 is 5.37. The van der Waals surface area contributed by atoms with E-state index in [1.165, 1.54) is 6.26 Å². The maximum absolute atomic E-state index is 11.2. The number of hydrogen-bond donors (Lipinski definition) is 1. The number of aryl methyl sites for hydroxylation is 1. The van der Waals surface area contributed by atoms with E-state index in [1.54, 1.807) is 25.1 Å². The van der Waals surface area contributed by atoms with E-state index < -0.39 is 4.92 Å². The average molecular weight is 275 g/mol. The minimum atomic E-state index is -0.402. The van der Waals surface area contributed by atoms with Crippen molar-refractivity contribution < 1.29 is 9.34 Å². The van der Waals surface area contributed by atoms with Crippen molar-refractivity contribution in [2.45, 2.75) is 33.4 Å². The topological polar surface area (TPSA) is 81.2 Å². The number of nitrogens with zero attached hydrogens (tertiary/aromatic N) is 2. The van der Waals surface area contributed by atoms with Crippen molar-refractivity contribution in [1.29, 1.82) is 0 Å². The lowest BCUT2D eigenvalue weighted by molar-refractivity contribution is -0.384. The molecule has 1 aromatic carbocycles. The van der Waals surface area contributed by atoms with Gasteiger partial charge in [0, 0.05) is 18.2 Å². The molecule has 6 heteroatoms. The van der Waals surface area contributed by atoms with Gasteiger partial charge in [0.1, 0.15) is 11.8 Å². The number of oxazole rings is 1. The summed E-state index contributed by atoms with van der Waals surface area (Å²) >= 11 is 0. The molecule has 1 aromatic heterocycles. The Morgan fingerprint density at radius 1 is 1.45 bits per heavy atom. The van der Waals surface area contributed by atoms with Crippen molar-refractivity contribution in [1.82, 2.24) is 10.3 Å². The van der Waals surface area contributed by atoms with Crippen LogP contribution < -0.4 is 5.32 Å². The zero-order valence-corrected chi connectivity index (χ0v) is 11.7. The highest BCUT2D eigenvalue weighted by atomic mass is 16.6. The van der Waals surface area contributed by atoms with E-state index in [4.69, 9.17) is 4.42 Å². The number of aromatic nitrogens is 1. The van der Waals surface area contributed by atoms with Crippen LogP contribution in [0.1, 0.15) is 25.1 Å². The molecule has 0 aliphatic carbocycles. The molecule has 0 saturated heterocycles. The minimum absolute atomic E-state index is 0.0396. The van der Waals surface area contributed by atoms with E-state index in [0.29, 0.717) is 23.7 Å². The fourth-order valence-electron chi connectivity index (χ4n) is 1.89. The molecule has 0 saturated carbocycles. The Morgan fingerprint density at radius 3 is 2.85 bits per heavy atom. The van der Waals surface area contributed by atoms with Gasteiger partial charge in [-0.05, 0) is 13.0 Å². The van der Waals surface area contributed by atoms with Crippen molar-refractivity contribution in [3.8, 4) is 11.5 Å². The molecular weight excluding hydrogens is 258 g/mol. The van der Waals surface area contributed by atoms with Gasteiger partial charge in [0.25, 0.3) is 5.69 Å². The van der Waals surface area contributed by atoms with E-state index in [9.17, 15) is 10.1 Å². The third kappa shape index (κ3) is 3.03. The Bertz CT molecular complexity index is 620. The summed E-state index contributed by atoms with van der Waals surface area (Å²) in [5.74, 6) is 0.279. The zero-order valence-electron chi connectivity index (χ0n) is 11.7. The van der Waals surface area contributed by atoms with Crippen LogP contribution in [0.2, 0.25) is 0 Å². The fraction of sp³-hybridized carbons (Fsp3) is 0.357. The quantitative estimate of drug-likeness (QED) is 0.670. The Labute approximate surface area is 117 Å². The van der Waals surface area contributed by atoms with Gasteiger partial charge < -0.3 is 9.73 Å². The second-order valence-corrected chi connectivity index (χ2v) is 4.91. The third-order valence-electron chi connectivity index (χ3n) is 2.89. The highest BCUT2D eigenvalue weighted by Crippen LogP contribution is 2.31. The van der Waals surface area contributed by atoms with Crippen LogP contribution in [0.3, 0.4) is 0 Å². The van der Waals surface area contributed by atoms with E-state index in [1.807, 2.05) is 13.8 Å². The largest absolute Gasteiger partial charge is 0.444 e. The van der Waals surface area contributed by atoms with Gasteiger partial charge in [0.05, 0.1) is 10.6 Å². The van der Waals surface area contributed by atoms with Crippen LogP contribution in [-0.2, 0) is 6.54 Å². The van der Waals surface area contributed by atoms with Crippen LogP contribution >= 0.6 is 0 Å². The van der Waals surface area contributed by atoms with Crippen molar-refractivity contribution in [3.05, 3.63) is 45.8 Å². The normalized spacial score (nSPS) is 11.0. The first kappa shape index (κ1) is 14.2. The predicted octanol–water partition coefficient (Wildman–Crippen LogP) is 3.06. The maximum Gasteiger partial charge on any atom is 0.284 e. The fourth-order valence-corrected chi connectivity index (χ4v) is 1.89. The van der Waals surface area contributed by atoms with E-state index >= 15 is 0 Å². The molecule has 106 valence electrons. The molecule has 0 unspecified atom stereocenters. The van der Waals surface area contributed by atoms with Gasteiger partial charge in [-0.3, -0.25) is 10.1 Å². The predicted molar refractivity (Wildman–Crippen MR) is 75.3 cm³/mol. The van der Waals surface area contributed by atoms with Gasteiger partial charge in [-0.1, -0.05) is 26.0 Å². The van der Waals surface area contributed by atoms with Gasteiger partial charge in [0.15, 0.2) is 0 Å². The maximum atomic E-state index is 11.2. The SMILES string of the molecule is Cc1cccc(-c2nc(CNC(C)C)co2)c1[N+](=O)[O-]. The minimum Gasteiger partial charge on any atom is -0.444 e. The number of para-hydroxylation sites is 1. The molecule has 0 aliphatic heterocycles. The van der Waals surface area contributed by atoms with Gasteiger partial charge >= 0.3 is 0 Å². The standard InChI is InChI=1S/C14H17N3O3/c1-9(2)15-7-11-8-20-14(16-11)12-6-4-5-10(3)13(12)17(18)19/h4-6,8-9,15H,7H2,1-3H3. The van der Waals surface area contributed by atoms with Crippen LogP contribution in [0.4, 0.5) is 5.69 Å². The molecule has 20 heavy (non-hydrogen) atoms. The molecule has 0 atom stereocenters. The van der Waals surface area contributed by atoms with Gasteiger partial charge in [0.2, 0.25) is 5.89 Å². The Hall–Kier alpha value is -2.21. The number of nitro benzene ring substituents is 1. The van der Waals surface area contributed by atoms with E-state index in [2.05, 4.69) is 10.3 Å². The molecule has 6 nitrogen and oxygen atoms in total. The highest BCUT2D eigenvalue weighted by molar-refractivity contribution is 5.69. The molecule has 0 aliphatic rings. The molecule has 0 amide bonds. The summed E-state index contributed by atoms with van der Waals surface area (Å²) in [7, 11) is 0. The van der Waals surface area contributed by atoms with Crippen LogP contribution in [0, 0.1) is 17.0 Å². The molecule has 2 rings (SSSR count). The molecular formula is C14H17N3O3. The summed E-state index contributed by atoms with van der Waals surface area (Å²) in [6.07, 6.45) is 1.52. The number of nitrogens with one attached hydrogen (secondary N) is 1. The first-order valence-corrected chi connectivity index (χ1v) is 6.41. The van der Waals surface area contributed by atoms with Crippen molar-refractivity contribution >= 4 is 5.69 Å². The van der Waals surface area contributed by atoms with Crippen LogP contribution in [0.15, 0.2) is 28.9 Å². The van der Waals surface area contributed by atoms with Crippen LogP contribution in [0.5, 0.6) is 0 Å². The summed E-state index contributed by atoms with van der Waals surface area (Å²) in [5.41, 5.74) is 1.76. The van der Waals surface area contributed by atoms with E-state index in [0.717, 1.165) is 5.69 Å². The van der Waals surface area contributed by atoms with Crippen molar-refractivity contribution in [2.75, 3.05) is 0 Å². The number of nitro groups is 1. The lowest BCUT2D eigenvalue weighted by Crippen LogP contribution is -2.21. The smallest absolute Gasteiger partial charge is 0.284 e. The number of rotatable bonds is 5. The van der Waals surface area contributed by atoms with Crippen LogP contribution in [0.25, 0.3) is 11.5 Å². The van der Waals surface area contributed by atoms with Gasteiger partial charge in [-0.25, -0.2) is 4.98 Å². The van der Waals surface area contributed by atoms with Crippen molar-refractivity contribution in [2.24, 2.45) is 0 Å². The molecule has 0 spiro atoms. The van der Waals surface area contributed by atoms with Crippen LogP contribution in [-0.4, -0.2) is 15.9 Å². The summed E-state index contributed by atoms with van der Waals surface area (Å²) in [6, 6.07) is 5.44. The lowest BCUT2D eigenvalue weighted by Gasteiger charge is -2.04. The third-order valence-corrected chi connectivity index (χ3v) is 2.89. The zero-order chi connectivity index (χ0) is 14.7. The first-order chi connectivity index (χ1) is 9.49. The molecule has 0 fully saturated rings. The second kappa shape index (κ2) is 5.83. The van der Waals surface area contributed by atoms with E-state index in [-0.39, 0.29) is 11.6 Å². The monoisotopic (exact) mass is 275 g/mol. The molecule has 1 N–H and O–H groups in total. The van der Waals surface area contributed by atoms with Crippen molar-refractivity contribution in [3.63, 3.8) is 0 Å². The Balaban J connectivity index is 2.33. The number of hydrogen-bond acceptors (Lipinski definition) is 5. The summed E-state index contributed by atoms with van der Waals surface area (Å²) in [6.45, 7) is 6.34. The lowest BCUT2D eigenvalue weighted by atomic mass is 10.1. The van der Waals surface area contributed by atoms with Gasteiger partial charge in [-0.2, -0.15) is 0 Å². The average Bonchev–Trinajstić information content (AvgIpc) is 2.84. The first-order valence-electron chi connectivity index (χ1n) is 6.41. The number of benzene rings is 1. The Kier molecular flexibility index (Phi) is 4.14. The van der Waals surface area contributed by atoms with Gasteiger partial charge in [-0.15, -0.1) is 0 Å². The summed E-state index contributed by atoms with van der Waals surface area (Å²) in [5, 5.41) is 14.4. The molecule has 0 bridgehead atoms. The Morgan fingerprint density at radius 2 is 2.20 bits per heavy atom. The highest BCUT2D eigenvalue weighted by Gasteiger charge is 2.21. The molecule has 0 radical (unpaired) electrons. The second-order valence-electron chi connectivity index (χ2n) is 4.91. The summed E-state index contributed by atoms with van der Waals surface area (Å²) in [4.78, 5) is 15.1. The molecule has 2 aromatic rings. The molecule has 1 heterocycles.